The Balaban J connectivity index is 1.51. The van der Waals surface area contributed by atoms with Crippen molar-refractivity contribution in [3.8, 4) is 0 Å². The number of rotatable bonds is 7. The van der Waals surface area contributed by atoms with E-state index in [1.807, 2.05) is 6.92 Å². The van der Waals surface area contributed by atoms with Gasteiger partial charge < -0.3 is 19.3 Å². The molecule has 1 saturated heterocycles. The number of amides is 1. The average molecular weight is 481 g/mol. The molecule has 4 rings (SSSR count). The van der Waals surface area contributed by atoms with Crippen molar-refractivity contribution in [2.75, 3.05) is 44.8 Å². The number of methoxy groups -OCH3 is 1. The third-order valence-corrected chi connectivity index (χ3v) is 6.01. The number of fused-ring (bicyclic) bond motifs is 1. The zero-order valence-corrected chi connectivity index (χ0v) is 20.1. The van der Waals surface area contributed by atoms with Crippen molar-refractivity contribution in [1.29, 1.82) is 0 Å². The summed E-state index contributed by atoms with van der Waals surface area (Å²) in [6.45, 7) is 6.20. The number of esters is 2. The van der Waals surface area contributed by atoms with Crippen LogP contribution in [0.3, 0.4) is 0 Å². The average Bonchev–Trinajstić information content (AvgIpc) is 3.34. The third-order valence-electron chi connectivity index (χ3n) is 6.01. The Kier molecular flexibility index (Phi) is 7.23. The van der Waals surface area contributed by atoms with Crippen molar-refractivity contribution < 1.29 is 23.9 Å². The van der Waals surface area contributed by atoms with Gasteiger partial charge in [-0.15, -0.1) is 0 Å². The van der Waals surface area contributed by atoms with Crippen molar-refractivity contribution in [3.63, 3.8) is 0 Å². The SMILES string of the molecule is CCOC(=O)CCc1c(C)nc2ncnn2c1N1CCN(C(=O)c2ccc(C(=O)OC)cc2)CC1. The van der Waals surface area contributed by atoms with Crippen LogP contribution in [0.4, 0.5) is 5.82 Å². The number of carbonyl (C=O) groups is 3. The summed E-state index contributed by atoms with van der Waals surface area (Å²) in [6.07, 6.45) is 2.16. The number of piperazine rings is 1. The van der Waals surface area contributed by atoms with Crippen molar-refractivity contribution in [1.82, 2.24) is 24.5 Å². The van der Waals surface area contributed by atoms with Gasteiger partial charge in [0.15, 0.2) is 0 Å². The predicted octanol–water partition coefficient (Wildman–Crippen LogP) is 1.68. The maximum absolute atomic E-state index is 13.0. The molecule has 184 valence electrons. The summed E-state index contributed by atoms with van der Waals surface area (Å²) in [5, 5.41) is 4.36. The number of nitrogens with zero attached hydrogens (tertiary/aromatic N) is 6. The number of benzene rings is 1. The highest BCUT2D eigenvalue weighted by Crippen LogP contribution is 2.26. The quantitative estimate of drug-likeness (QED) is 0.465. The van der Waals surface area contributed by atoms with Gasteiger partial charge in [0.25, 0.3) is 11.7 Å². The minimum atomic E-state index is -0.441. The maximum atomic E-state index is 13.0. The van der Waals surface area contributed by atoms with Crippen LogP contribution in [0.2, 0.25) is 0 Å². The highest BCUT2D eigenvalue weighted by atomic mass is 16.5. The molecule has 11 heteroatoms. The number of hydrogen-bond acceptors (Lipinski definition) is 9. The third kappa shape index (κ3) is 5.08. The fourth-order valence-corrected chi connectivity index (χ4v) is 4.22. The van der Waals surface area contributed by atoms with E-state index in [1.54, 1.807) is 40.6 Å². The van der Waals surface area contributed by atoms with Gasteiger partial charge in [-0.3, -0.25) is 9.59 Å². The molecule has 11 nitrogen and oxygen atoms in total. The highest BCUT2D eigenvalue weighted by molar-refractivity contribution is 5.96. The van der Waals surface area contributed by atoms with Crippen LogP contribution < -0.4 is 4.90 Å². The van der Waals surface area contributed by atoms with Crippen LogP contribution in [-0.4, -0.2) is 82.2 Å². The number of aromatic nitrogens is 4. The van der Waals surface area contributed by atoms with Crippen LogP contribution in [0.15, 0.2) is 30.6 Å². The first-order valence-electron chi connectivity index (χ1n) is 11.5. The van der Waals surface area contributed by atoms with Crippen molar-refractivity contribution in [3.05, 3.63) is 53.0 Å². The van der Waals surface area contributed by atoms with Crippen LogP contribution in [0, 0.1) is 6.92 Å². The smallest absolute Gasteiger partial charge is 0.337 e. The molecule has 0 N–H and O–H groups in total. The summed E-state index contributed by atoms with van der Waals surface area (Å²) in [6, 6.07) is 6.46. The van der Waals surface area contributed by atoms with Gasteiger partial charge in [-0.25, -0.2) is 9.78 Å². The highest BCUT2D eigenvalue weighted by Gasteiger charge is 2.27. The molecule has 0 atom stereocenters. The molecule has 1 amide bonds. The lowest BCUT2D eigenvalue weighted by atomic mass is 10.1. The van der Waals surface area contributed by atoms with E-state index in [4.69, 9.17) is 9.47 Å². The summed E-state index contributed by atoms with van der Waals surface area (Å²) >= 11 is 0. The molecular weight excluding hydrogens is 452 g/mol. The van der Waals surface area contributed by atoms with Crippen LogP contribution >= 0.6 is 0 Å². The molecule has 35 heavy (non-hydrogen) atoms. The van der Waals surface area contributed by atoms with Gasteiger partial charge in [0, 0.05) is 49.4 Å². The molecule has 0 saturated carbocycles. The van der Waals surface area contributed by atoms with E-state index in [-0.39, 0.29) is 18.3 Å². The monoisotopic (exact) mass is 480 g/mol. The molecular formula is C24H28N6O5. The van der Waals surface area contributed by atoms with Gasteiger partial charge in [-0.1, -0.05) is 0 Å². The summed E-state index contributed by atoms with van der Waals surface area (Å²) < 4.78 is 11.5. The molecule has 0 spiro atoms. The Bertz CT molecular complexity index is 1230. The second-order valence-corrected chi connectivity index (χ2v) is 8.12. The zero-order valence-electron chi connectivity index (χ0n) is 20.1. The van der Waals surface area contributed by atoms with E-state index in [1.165, 1.54) is 13.4 Å². The second kappa shape index (κ2) is 10.5. The maximum Gasteiger partial charge on any atom is 0.337 e. The molecule has 1 fully saturated rings. The summed E-state index contributed by atoms with van der Waals surface area (Å²) in [7, 11) is 1.32. The number of carbonyl (C=O) groups excluding carboxylic acids is 3. The lowest BCUT2D eigenvalue weighted by Crippen LogP contribution is -2.49. The van der Waals surface area contributed by atoms with Gasteiger partial charge in [0.05, 0.1) is 19.3 Å². The van der Waals surface area contributed by atoms with Crippen LogP contribution in [0.5, 0.6) is 0 Å². The molecule has 1 aliphatic rings. The predicted molar refractivity (Wildman–Crippen MR) is 126 cm³/mol. The molecule has 3 heterocycles. The van der Waals surface area contributed by atoms with Gasteiger partial charge >= 0.3 is 11.9 Å². The zero-order chi connectivity index (χ0) is 24.9. The number of aryl methyl sites for hydroxylation is 1. The van der Waals surface area contributed by atoms with Crippen molar-refractivity contribution in [2.45, 2.75) is 26.7 Å². The van der Waals surface area contributed by atoms with E-state index in [9.17, 15) is 14.4 Å². The largest absolute Gasteiger partial charge is 0.466 e. The van der Waals surface area contributed by atoms with E-state index in [2.05, 4.69) is 20.0 Å². The first-order valence-corrected chi connectivity index (χ1v) is 11.5. The lowest BCUT2D eigenvalue weighted by molar-refractivity contribution is -0.143. The topological polar surface area (TPSA) is 119 Å². The van der Waals surface area contributed by atoms with E-state index in [0.717, 1.165) is 17.1 Å². The van der Waals surface area contributed by atoms with Crippen molar-refractivity contribution in [2.24, 2.45) is 0 Å². The first-order chi connectivity index (χ1) is 16.9. The lowest BCUT2D eigenvalue weighted by Gasteiger charge is -2.37. The molecule has 2 aromatic heterocycles. The summed E-state index contributed by atoms with van der Waals surface area (Å²) in [5.74, 6) is 0.527. The Hall–Kier alpha value is -4.02. The second-order valence-electron chi connectivity index (χ2n) is 8.12. The van der Waals surface area contributed by atoms with Gasteiger partial charge in [-0.2, -0.15) is 14.6 Å². The molecule has 0 unspecified atom stereocenters. The fraction of sp³-hybridized carbons (Fsp3) is 0.417. The minimum absolute atomic E-state index is 0.0968. The Labute approximate surface area is 202 Å². The Morgan fingerprint density at radius 1 is 1.03 bits per heavy atom. The van der Waals surface area contributed by atoms with E-state index >= 15 is 0 Å². The Morgan fingerprint density at radius 2 is 1.71 bits per heavy atom. The molecule has 3 aromatic rings. The normalized spacial score (nSPS) is 13.7. The van der Waals surface area contributed by atoms with E-state index in [0.29, 0.717) is 56.1 Å². The van der Waals surface area contributed by atoms with Crippen molar-refractivity contribution >= 4 is 29.4 Å². The van der Waals surface area contributed by atoms with E-state index < -0.39 is 5.97 Å². The molecule has 1 aliphatic heterocycles. The van der Waals surface area contributed by atoms with Gasteiger partial charge in [0.2, 0.25) is 0 Å². The summed E-state index contributed by atoms with van der Waals surface area (Å²) in [4.78, 5) is 49.4. The molecule has 0 radical (unpaired) electrons. The molecule has 0 aliphatic carbocycles. The van der Waals surface area contributed by atoms with Crippen LogP contribution in [0.25, 0.3) is 5.78 Å². The van der Waals surface area contributed by atoms with Gasteiger partial charge in [0.1, 0.15) is 12.1 Å². The fourth-order valence-electron chi connectivity index (χ4n) is 4.22. The van der Waals surface area contributed by atoms with Crippen LogP contribution in [-0.2, 0) is 20.7 Å². The van der Waals surface area contributed by atoms with Gasteiger partial charge in [-0.05, 0) is 44.5 Å². The Morgan fingerprint density at radius 3 is 2.37 bits per heavy atom. The number of ether oxygens (including phenoxy) is 2. The van der Waals surface area contributed by atoms with Crippen LogP contribution in [0.1, 0.15) is 45.3 Å². The molecule has 1 aromatic carbocycles. The number of hydrogen-bond donors (Lipinski definition) is 0. The first kappa shape index (κ1) is 24.1. The number of anilines is 1. The molecule has 0 bridgehead atoms. The summed E-state index contributed by atoms with van der Waals surface area (Å²) in [5.41, 5.74) is 2.61. The standard InChI is InChI=1S/C24H28N6O5/c1-4-35-20(31)10-9-19-16(2)27-24-25-15-26-30(24)21(19)28-11-13-29(14-12-28)22(32)17-5-7-18(8-6-17)23(33)34-3/h5-8,15H,4,9-14H2,1-3H3. The minimum Gasteiger partial charge on any atom is -0.466 e.